The zero-order chi connectivity index (χ0) is 19.0. The average Bonchev–Trinajstić information content (AvgIpc) is 2.79. The fraction of sp³-hybridized carbons (Fsp3) is 0.320. The van der Waals surface area contributed by atoms with Crippen LogP contribution in [0.3, 0.4) is 0 Å². The van der Waals surface area contributed by atoms with Crippen molar-refractivity contribution in [1.82, 2.24) is 9.88 Å². The van der Waals surface area contributed by atoms with Crippen molar-refractivity contribution in [3.05, 3.63) is 84.7 Å². The summed E-state index contributed by atoms with van der Waals surface area (Å²) in [5.74, 6) is 0. The monoisotopic (exact) mass is 371 g/mol. The molecule has 1 aromatic heterocycles. The van der Waals surface area contributed by atoms with Gasteiger partial charge in [0.1, 0.15) is 0 Å². The number of hydrogen-bond acceptors (Lipinski definition) is 3. The molecule has 0 saturated carbocycles. The molecule has 1 fully saturated rings. The van der Waals surface area contributed by atoms with E-state index in [1.165, 1.54) is 54.9 Å². The Morgan fingerprint density at radius 1 is 0.714 bits per heavy atom. The minimum Gasteiger partial charge on any atom is -0.369 e. The van der Waals surface area contributed by atoms with E-state index in [4.69, 9.17) is 0 Å². The highest BCUT2D eigenvalue weighted by molar-refractivity contribution is 5.62. The Bertz CT molecular complexity index is 823. The molecule has 0 spiro atoms. The molecule has 144 valence electrons. The van der Waals surface area contributed by atoms with E-state index >= 15 is 0 Å². The van der Waals surface area contributed by atoms with Crippen LogP contribution in [0, 0.1) is 0 Å². The molecule has 1 aliphatic heterocycles. The Balaban J connectivity index is 1.16. The van der Waals surface area contributed by atoms with Gasteiger partial charge in [-0.05, 0) is 60.7 Å². The van der Waals surface area contributed by atoms with Crippen LogP contribution in [-0.2, 0) is 6.42 Å². The van der Waals surface area contributed by atoms with Gasteiger partial charge in [-0.25, -0.2) is 0 Å². The second-order valence-corrected chi connectivity index (χ2v) is 7.56. The van der Waals surface area contributed by atoms with Gasteiger partial charge in [-0.15, -0.1) is 0 Å². The maximum Gasteiger partial charge on any atom is 0.0367 e. The highest BCUT2D eigenvalue weighted by Crippen LogP contribution is 2.19. The molecular formula is C25H29N3. The normalized spacial score (nSPS) is 14.9. The quantitative estimate of drug-likeness (QED) is 0.551. The van der Waals surface area contributed by atoms with Crippen molar-refractivity contribution in [1.29, 1.82) is 0 Å². The fourth-order valence-electron chi connectivity index (χ4n) is 3.93. The van der Waals surface area contributed by atoms with Crippen LogP contribution in [0.15, 0.2) is 79.1 Å². The second-order valence-electron chi connectivity index (χ2n) is 7.56. The first-order valence-electron chi connectivity index (χ1n) is 10.4. The predicted octanol–water partition coefficient (Wildman–Crippen LogP) is 4.89. The first-order chi connectivity index (χ1) is 13.9. The Labute approximate surface area is 168 Å². The Kier molecular flexibility index (Phi) is 6.36. The highest BCUT2D eigenvalue weighted by Gasteiger charge is 2.16. The van der Waals surface area contributed by atoms with Crippen LogP contribution in [0.4, 0.5) is 5.69 Å². The molecule has 4 rings (SSSR count). The second kappa shape index (κ2) is 9.52. The van der Waals surface area contributed by atoms with Gasteiger partial charge in [0.25, 0.3) is 0 Å². The Morgan fingerprint density at radius 2 is 1.50 bits per heavy atom. The molecule has 3 heteroatoms. The number of unbranched alkanes of at least 4 members (excludes halogenated alkanes) is 1. The maximum atomic E-state index is 4.20. The number of anilines is 1. The topological polar surface area (TPSA) is 19.4 Å². The summed E-state index contributed by atoms with van der Waals surface area (Å²) in [6.07, 6.45) is 7.43. The summed E-state index contributed by atoms with van der Waals surface area (Å²) >= 11 is 0. The summed E-state index contributed by atoms with van der Waals surface area (Å²) in [6, 6.07) is 23.8. The van der Waals surface area contributed by atoms with Gasteiger partial charge in [-0.1, -0.05) is 48.5 Å². The van der Waals surface area contributed by atoms with Crippen molar-refractivity contribution >= 4 is 5.69 Å². The van der Waals surface area contributed by atoms with Crippen LogP contribution < -0.4 is 4.90 Å². The molecule has 28 heavy (non-hydrogen) atoms. The number of nitrogens with zero attached hydrogens (tertiary/aromatic N) is 3. The van der Waals surface area contributed by atoms with Gasteiger partial charge in [0, 0.05) is 44.3 Å². The molecule has 0 N–H and O–H groups in total. The maximum absolute atomic E-state index is 4.20. The highest BCUT2D eigenvalue weighted by atomic mass is 15.3. The lowest BCUT2D eigenvalue weighted by atomic mass is 10.0. The number of para-hydroxylation sites is 1. The molecule has 2 aromatic carbocycles. The molecule has 0 unspecified atom stereocenters. The number of aryl methyl sites for hydroxylation is 1. The van der Waals surface area contributed by atoms with Gasteiger partial charge in [-0.2, -0.15) is 0 Å². The third kappa shape index (κ3) is 4.99. The van der Waals surface area contributed by atoms with E-state index in [1.54, 1.807) is 0 Å². The van der Waals surface area contributed by atoms with E-state index in [2.05, 4.69) is 75.4 Å². The molecular weight excluding hydrogens is 342 g/mol. The third-order valence-corrected chi connectivity index (χ3v) is 5.63. The first kappa shape index (κ1) is 18.7. The minimum absolute atomic E-state index is 1.14. The van der Waals surface area contributed by atoms with Crippen LogP contribution in [-0.4, -0.2) is 42.6 Å². The van der Waals surface area contributed by atoms with Crippen molar-refractivity contribution < 1.29 is 0 Å². The summed E-state index contributed by atoms with van der Waals surface area (Å²) in [4.78, 5) is 9.32. The van der Waals surface area contributed by atoms with Crippen LogP contribution in [0.5, 0.6) is 0 Å². The molecule has 3 aromatic rings. The molecule has 3 nitrogen and oxygen atoms in total. The molecule has 0 bridgehead atoms. The summed E-state index contributed by atoms with van der Waals surface area (Å²) in [7, 11) is 0. The third-order valence-electron chi connectivity index (χ3n) is 5.63. The number of benzene rings is 2. The van der Waals surface area contributed by atoms with E-state index < -0.39 is 0 Å². The summed E-state index contributed by atoms with van der Waals surface area (Å²) in [6.45, 7) is 5.85. The Hall–Kier alpha value is -2.65. The molecule has 0 atom stereocenters. The number of piperazine rings is 1. The number of aromatic nitrogens is 1. The van der Waals surface area contributed by atoms with Crippen molar-refractivity contribution in [2.45, 2.75) is 19.3 Å². The van der Waals surface area contributed by atoms with Gasteiger partial charge >= 0.3 is 0 Å². The van der Waals surface area contributed by atoms with Crippen molar-refractivity contribution in [3.63, 3.8) is 0 Å². The SMILES string of the molecule is c1ccc(N2CCN(CCCCc3ccc(-c4cccnc4)cc3)CC2)cc1. The Morgan fingerprint density at radius 3 is 2.21 bits per heavy atom. The summed E-state index contributed by atoms with van der Waals surface area (Å²) < 4.78 is 0. The van der Waals surface area contributed by atoms with Crippen molar-refractivity contribution in [2.24, 2.45) is 0 Å². The molecule has 0 aliphatic carbocycles. The largest absolute Gasteiger partial charge is 0.369 e. The van der Waals surface area contributed by atoms with Gasteiger partial charge in [0.15, 0.2) is 0 Å². The molecule has 2 heterocycles. The lowest BCUT2D eigenvalue weighted by molar-refractivity contribution is 0.253. The molecule has 1 aliphatic rings. The van der Waals surface area contributed by atoms with Crippen LogP contribution in [0.25, 0.3) is 11.1 Å². The van der Waals surface area contributed by atoms with Crippen LogP contribution in [0.1, 0.15) is 18.4 Å². The lowest BCUT2D eigenvalue weighted by Crippen LogP contribution is -2.46. The van der Waals surface area contributed by atoms with Crippen molar-refractivity contribution in [3.8, 4) is 11.1 Å². The minimum atomic E-state index is 1.14. The van der Waals surface area contributed by atoms with Gasteiger partial charge in [-0.3, -0.25) is 9.88 Å². The van der Waals surface area contributed by atoms with Crippen LogP contribution >= 0.6 is 0 Å². The zero-order valence-corrected chi connectivity index (χ0v) is 16.5. The van der Waals surface area contributed by atoms with E-state index in [1.807, 2.05) is 18.5 Å². The predicted molar refractivity (Wildman–Crippen MR) is 118 cm³/mol. The fourth-order valence-corrected chi connectivity index (χ4v) is 3.93. The van der Waals surface area contributed by atoms with E-state index in [0.717, 1.165) is 19.5 Å². The van der Waals surface area contributed by atoms with Gasteiger partial charge in [0.05, 0.1) is 0 Å². The smallest absolute Gasteiger partial charge is 0.0367 e. The van der Waals surface area contributed by atoms with Crippen molar-refractivity contribution in [2.75, 3.05) is 37.6 Å². The summed E-state index contributed by atoms with van der Waals surface area (Å²) in [5, 5.41) is 0. The average molecular weight is 372 g/mol. The van der Waals surface area contributed by atoms with E-state index in [0.29, 0.717) is 0 Å². The number of hydrogen-bond donors (Lipinski definition) is 0. The van der Waals surface area contributed by atoms with Gasteiger partial charge < -0.3 is 4.90 Å². The molecule has 1 saturated heterocycles. The van der Waals surface area contributed by atoms with E-state index in [9.17, 15) is 0 Å². The zero-order valence-electron chi connectivity index (χ0n) is 16.5. The standard InChI is InChI=1S/C25H29N3/c1-2-9-25(10-3-1)28-19-17-27(18-20-28)16-5-4-7-22-11-13-23(14-12-22)24-8-6-15-26-21-24/h1-3,6,8-15,21H,4-5,7,16-20H2. The molecule has 0 amide bonds. The molecule has 0 radical (unpaired) electrons. The van der Waals surface area contributed by atoms with Gasteiger partial charge in [0.2, 0.25) is 0 Å². The number of rotatable bonds is 7. The number of pyridine rings is 1. The van der Waals surface area contributed by atoms with E-state index in [-0.39, 0.29) is 0 Å². The lowest BCUT2D eigenvalue weighted by Gasteiger charge is -2.36. The van der Waals surface area contributed by atoms with Crippen LogP contribution in [0.2, 0.25) is 0 Å². The summed E-state index contributed by atoms with van der Waals surface area (Å²) in [5.41, 5.74) is 5.22. The first-order valence-corrected chi connectivity index (χ1v) is 10.4.